The molecule has 2 N–H and O–H groups in total. The van der Waals surface area contributed by atoms with Gasteiger partial charge in [-0.15, -0.1) is 0 Å². The number of aliphatic hydroxyl groups excluding tert-OH is 1. The van der Waals surface area contributed by atoms with Gasteiger partial charge in [-0.2, -0.15) is 0 Å². The van der Waals surface area contributed by atoms with E-state index in [1.54, 1.807) is 6.20 Å². The third kappa shape index (κ3) is 5.09. The molecule has 0 aliphatic carbocycles. The maximum atomic E-state index is 13.1. The quantitative estimate of drug-likeness (QED) is 0.825. The lowest BCUT2D eigenvalue weighted by molar-refractivity contribution is 0.104. The fourth-order valence-corrected chi connectivity index (χ4v) is 2.05. The van der Waals surface area contributed by atoms with Crippen molar-refractivity contribution >= 4 is 0 Å². The predicted octanol–water partition coefficient (Wildman–Crippen LogP) is 2.62. The van der Waals surface area contributed by atoms with Gasteiger partial charge in [-0.1, -0.05) is 12.1 Å². The summed E-state index contributed by atoms with van der Waals surface area (Å²) in [5.74, 6) is 0.371. The van der Waals surface area contributed by atoms with Gasteiger partial charge >= 0.3 is 0 Å². The highest BCUT2D eigenvalue weighted by Gasteiger charge is 2.10. The van der Waals surface area contributed by atoms with E-state index in [0.29, 0.717) is 6.54 Å². The summed E-state index contributed by atoms with van der Waals surface area (Å²) in [5.41, 5.74) is 1.85. The molecular weight excluding hydrogens is 283 g/mol. The van der Waals surface area contributed by atoms with Gasteiger partial charge in [-0.3, -0.25) is 4.98 Å². The average molecular weight is 304 g/mol. The minimum absolute atomic E-state index is 0.100. The Hall–Kier alpha value is -1.98. The summed E-state index contributed by atoms with van der Waals surface area (Å²) < 4.78 is 18.7. The number of ether oxygens (including phenoxy) is 1. The van der Waals surface area contributed by atoms with Crippen molar-refractivity contribution in [2.24, 2.45) is 0 Å². The molecule has 1 heterocycles. The van der Waals surface area contributed by atoms with E-state index in [1.807, 2.05) is 38.1 Å². The molecule has 22 heavy (non-hydrogen) atoms. The SMILES string of the molecule is Cc1cccc(OC[C@H](O)CN[C@H](C)c2cncc(F)c2)c1. The minimum Gasteiger partial charge on any atom is -0.491 e. The Morgan fingerprint density at radius 2 is 2.14 bits per heavy atom. The molecule has 0 fully saturated rings. The first-order valence-corrected chi connectivity index (χ1v) is 7.26. The normalized spacial score (nSPS) is 13.6. The number of hydrogen-bond acceptors (Lipinski definition) is 4. The van der Waals surface area contributed by atoms with E-state index in [9.17, 15) is 9.50 Å². The van der Waals surface area contributed by atoms with Gasteiger partial charge < -0.3 is 15.2 Å². The highest BCUT2D eigenvalue weighted by molar-refractivity contribution is 5.27. The number of pyridine rings is 1. The van der Waals surface area contributed by atoms with Crippen molar-refractivity contribution < 1.29 is 14.2 Å². The van der Waals surface area contributed by atoms with Crippen LogP contribution in [0, 0.1) is 12.7 Å². The summed E-state index contributed by atoms with van der Waals surface area (Å²) in [6, 6.07) is 9.00. The fourth-order valence-electron chi connectivity index (χ4n) is 2.05. The van der Waals surface area contributed by atoms with Crippen LogP contribution in [0.4, 0.5) is 4.39 Å². The van der Waals surface area contributed by atoms with E-state index in [4.69, 9.17) is 4.74 Å². The molecule has 5 heteroatoms. The number of rotatable bonds is 7. The van der Waals surface area contributed by atoms with Crippen molar-refractivity contribution in [2.45, 2.75) is 26.0 Å². The zero-order valence-electron chi connectivity index (χ0n) is 12.8. The molecule has 118 valence electrons. The van der Waals surface area contributed by atoms with E-state index >= 15 is 0 Å². The lowest BCUT2D eigenvalue weighted by Gasteiger charge is -2.18. The van der Waals surface area contributed by atoms with Crippen molar-refractivity contribution in [3.63, 3.8) is 0 Å². The monoisotopic (exact) mass is 304 g/mol. The van der Waals surface area contributed by atoms with Crippen molar-refractivity contribution in [1.29, 1.82) is 0 Å². The first-order valence-electron chi connectivity index (χ1n) is 7.26. The average Bonchev–Trinajstić information content (AvgIpc) is 2.50. The first kappa shape index (κ1) is 16.4. The summed E-state index contributed by atoms with van der Waals surface area (Å²) in [6.07, 6.45) is 2.13. The molecule has 0 bridgehead atoms. The van der Waals surface area contributed by atoms with Gasteiger partial charge in [0.15, 0.2) is 0 Å². The van der Waals surface area contributed by atoms with Crippen LogP contribution >= 0.6 is 0 Å². The topological polar surface area (TPSA) is 54.4 Å². The molecule has 2 aromatic rings. The third-order valence-electron chi connectivity index (χ3n) is 3.32. The molecule has 0 saturated heterocycles. The van der Waals surface area contributed by atoms with Crippen molar-refractivity contribution in [1.82, 2.24) is 10.3 Å². The molecule has 1 aromatic heterocycles. The predicted molar refractivity (Wildman–Crippen MR) is 83.3 cm³/mol. The van der Waals surface area contributed by atoms with E-state index < -0.39 is 6.10 Å². The second-order valence-corrected chi connectivity index (χ2v) is 5.35. The summed E-state index contributed by atoms with van der Waals surface area (Å²) in [5, 5.41) is 13.1. The molecule has 0 spiro atoms. The maximum Gasteiger partial charge on any atom is 0.141 e. The molecule has 0 unspecified atom stereocenters. The number of aryl methyl sites for hydroxylation is 1. The summed E-state index contributed by atoms with van der Waals surface area (Å²) in [7, 11) is 0. The lowest BCUT2D eigenvalue weighted by Crippen LogP contribution is -2.33. The number of hydrogen-bond donors (Lipinski definition) is 2. The number of nitrogens with one attached hydrogen (secondary N) is 1. The smallest absolute Gasteiger partial charge is 0.141 e. The molecule has 0 saturated carbocycles. The second kappa shape index (κ2) is 7.87. The summed E-state index contributed by atoms with van der Waals surface area (Å²) >= 11 is 0. The first-order chi connectivity index (χ1) is 10.5. The van der Waals surface area contributed by atoms with Gasteiger partial charge in [0.05, 0.1) is 6.20 Å². The molecule has 4 nitrogen and oxygen atoms in total. The Kier molecular flexibility index (Phi) is 5.86. The van der Waals surface area contributed by atoms with Crippen LogP contribution in [0.15, 0.2) is 42.7 Å². The van der Waals surface area contributed by atoms with E-state index in [-0.39, 0.29) is 18.5 Å². The van der Waals surface area contributed by atoms with Crippen molar-refractivity contribution in [3.8, 4) is 5.75 Å². The zero-order chi connectivity index (χ0) is 15.9. The number of halogens is 1. The molecule has 0 aliphatic rings. The van der Waals surface area contributed by atoms with Crippen LogP contribution in [-0.2, 0) is 0 Å². The zero-order valence-corrected chi connectivity index (χ0v) is 12.8. The number of nitrogens with zero attached hydrogens (tertiary/aromatic N) is 1. The molecular formula is C17H21FN2O2. The van der Waals surface area contributed by atoms with E-state index in [1.165, 1.54) is 12.3 Å². The Morgan fingerprint density at radius 1 is 1.32 bits per heavy atom. The largest absolute Gasteiger partial charge is 0.491 e. The maximum absolute atomic E-state index is 13.1. The highest BCUT2D eigenvalue weighted by atomic mass is 19.1. The van der Waals surface area contributed by atoms with Gasteiger partial charge in [0.2, 0.25) is 0 Å². The Morgan fingerprint density at radius 3 is 2.86 bits per heavy atom. The van der Waals surface area contributed by atoms with Crippen LogP contribution in [0.1, 0.15) is 24.1 Å². The Labute approximate surface area is 130 Å². The summed E-state index contributed by atoms with van der Waals surface area (Å²) in [4.78, 5) is 3.81. The Balaban J connectivity index is 1.76. The van der Waals surface area contributed by atoms with Gasteiger partial charge in [0.25, 0.3) is 0 Å². The van der Waals surface area contributed by atoms with Gasteiger partial charge in [0.1, 0.15) is 24.3 Å². The van der Waals surface area contributed by atoms with Crippen LogP contribution in [-0.4, -0.2) is 29.3 Å². The van der Waals surface area contributed by atoms with Gasteiger partial charge in [0, 0.05) is 18.8 Å². The number of aromatic nitrogens is 1. The molecule has 1 aromatic carbocycles. The second-order valence-electron chi connectivity index (χ2n) is 5.35. The van der Waals surface area contributed by atoms with Gasteiger partial charge in [-0.25, -0.2) is 4.39 Å². The third-order valence-corrected chi connectivity index (χ3v) is 3.32. The van der Waals surface area contributed by atoms with Gasteiger partial charge in [-0.05, 0) is 43.2 Å². The van der Waals surface area contributed by atoms with Crippen LogP contribution in [0.25, 0.3) is 0 Å². The molecule has 0 radical (unpaired) electrons. The van der Waals surface area contributed by atoms with Crippen molar-refractivity contribution in [2.75, 3.05) is 13.2 Å². The molecule has 0 amide bonds. The van der Waals surface area contributed by atoms with Crippen LogP contribution in [0.5, 0.6) is 5.75 Å². The Bertz CT molecular complexity index is 607. The molecule has 2 rings (SSSR count). The number of aliphatic hydroxyl groups is 1. The standard InChI is InChI=1S/C17H21FN2O2/c1-12-4-3-5-17(6-12)22-11-16(21)10-20-13(2)14-7-15(18)9-19-8-14/h3-9,13,16,20-21H,10-11H2,1-2H3/t13-,16-/m1/s1. The highest BCUT2D eigenvalue weighted by Crippen LogP contribution is 2.13. The van der Waals surface area contributed by atoms with Crippen LogP contribution < -0.4 is 10.1 Å². The van der Waals surface area contributed by atoms with Crippen LogP contribution in [0.2, 0.25) is 0 Å². The molecule has 2 atom stereocenters. The fraction of sp³-hybridized carbons (Fsp3) is 0.353. The lowest BCUT2D eigenvalue weighted by atomic mass is 10.1. The van der Waals surface area contributed by atoms with E-state index in [0.717, 1.165) is 16.9 Å². The summed E-state index contributed by atoms with van der Waals surface area (Å²) in [6.45, 7) is 4.43. The minimum atomic E-state index is -0.649. The van der Waals surface area contributed by atoms with Crippen LogP contribution in [0.3, 0.4) is 0 Å². The van der Waals surface area contributed by atoms with E-state index in [2.05, 4.69) is 10.3 Å². The van der Waals surface area contributed by atoms with Crippen molar-refractivity contribution in [3.05, 3.63) is 59.7 Å². The number of benzene rings is 1. The molecule has 0 aliphatic heterocycles.